The summed E-state index contributed by atoms with van der Waals surface area (Å²) in [6.45, 7) is 5.10. The van der Waals surface area contributed by atoms with Gasteiger partial charge >= 0.3 is 5.97 Å². The molecule has 1 aromatic carbocycles. The average Bonchev–Trinajstić information content (AvgIpc) is 2.72. The third-order valence-corrected chi connectivity index (χ3v) is 4.78. The lowest BCUT2D eigenvalue weighted by Crippen LogP contribution is -2.58. The van der Waals surface area contributed by atoms with Gasteiger partial charge in [-0.05, 0) is 37.0 Å². The Morgan fingerprint density at radius 2 is 1.35 bits per heavy atom. The fraction of sp³-hybridized carbons (Fsp3) is 0.500. The largest absolute Gasteiger partial charge is 0.508 e. The molecular weight excluding hydrogens is 446 g/mol. The van der Waals surface area contributed by atoms with Gasteiger partial charge in [-0.25, -0.2) is 4.79 Å². The maximum Gasteiger partial charge on any atom is 0.326 e. The van der Waals surface area contributed by atoms with Crippen LogP contribution >= 0.6 is 0 Å². The molecule has 4 unspecified atom stereocenters. The number of benzene rings is 1. The van der Waals surface area contributed by atoms with Crippen molar-refractivity contribution in [3.8, 4) is 5.75 Å². The number of carbonyl (C=O) groups excluding carboxylic acids is 4. The first-order chi connectivity index (χ1) is 15.8. The minimum atomic E-state index is -1.46. The number of primary amides is 1. The third kappa shape index (κ3) is 9.86. The van der Waals surface area contributed by atoms with E-state index in [1.54, 1.807) is 0 Å². The molecule has 0 aliphatic heterocycles. The predicted octanol–water partition coefficient (Wildman–Crippen LogP) is -1.26. The van der Waals surface area contributed by atoms with E-state index >= 15 is 0 Å². The summed E-state index contributed by atoms with van der Waals surface area (Å²) in [6.07, 6.45) is -0.467. The molecule has 0 saturated heterocycles. The number of hydrogen-bond donors (Lipinski definition) is 7. The van der Waals surface area contributed by atoms with Gasteiger partial charge in [0, 0.05) is 6.42 Å². The molecule has 0 spiro atoms. The number of carboxylic acids is 1. The van der Waals surface area contributed by atoms with Gasteiger partial charge in [-0.2, -0.15) is 0 Å². The summed E-state index contributed by atoms with van der Waals surface area (Å²) in [4.78, 5) is 60.8. The van der Waals surface area contributed by atoms with Crippen LogP contribution in [0.5, 0.6) is 5.75 Å². The highest BCUT2D eigenvalue weighted by atomic mass is 16.4. The molecule has 1 aromatic rings. The highest BCUT2D eigenvalue weighted by Crippen LogP contribution is 2.12. The molecule has 0 saturated carbocycles. The van der Waals surface area contributed by atoms with Crippen LogP contribution in [0.3, 0.4) is 0 Å². The minimum absolute atomic E-state index is 0.00373. The van der Waals surface area contributed by atoms with Gasteiger partial charge in [0.1, 0.15) is 23.9 Å². The van der Waals surface area contributed by atoms with Crippen molar-refractivity contribution in [2.24, 2.45) is 17.4 Å². The van der Waals surface area contributed by atoms with Gasteiger partial charge < -0.3 is 37.6 Å². The number of phenols is 1. The molecule has 12 heteroatoms. The van der Waals surface area contributed by atoms with Crippen LogP contribution < -0.4 is 27.4 Å². The maximum absolute atomic E-state index is 12.8. The normalized spacial score (nSPS) is 14.4. The summed E-state index contributed by atoms with van der Waals surface area (Å²) in [6, 6.07) is 0.990. The van der Waals surface area contributed by atoms with Crippen molar-refractivity contribution in [3.05, 3.63) is 29.8 Å². The smallest absolute Gasteiger partial charge is 0.326 e. The second-order valence-corrected chi connectivity index (χ2v) is 8.48. The van der Waals surface area contributed by atoms with E-state index in [0.717, 1.165) is 0 Å². The molecule has 0 aromatic heterocycles. The summed E-state index contributed by atoms with van der Waals surface area (Å²) in [5.41, 5.74) is 11.3. The SMILES string of the molecule is CC(C)CC(NC(=O)C(C)N)C(=O)NC(CC(N)=O)C(=O)NC(Cc1ccc(O)cc1)C(=O)O. The molecule has 0 bridgehead atoms. The lowest BCUT2D eigenvalue weighted by Gasteiger charge is -2.25. The fourth-order valence-electron chi connectivity index (χ4n) is 3.03. The second-order valence-electron chi connectivity index (χ2n) is 8.48. The number of phenolic OH excluding ortho intramolecular Hbond substituents is 1. The highest BCUT2D eigenvalue weighted by molar-refractivity contribution is 5.96. The molecule has 0 aliphatic rings. The van der Waals surface area contributed by atoms with E-state index < -0.39 is 60.2 Å². The summed E-state index contributed by atoms with van der Waals surface area (Å²) >= 11 is 0. The van der Waals surface area contributed by atoms with Crippen LogP contribution in [0.25, 0.3) is 0 Å². The molecular formula is C22H33N5O7. The number of carbonyl (C=O) groups is 5. The predicted molar refractivity (Wildman–Crippen MR) is 122 cm³/mol. The zero-order chi connectivity index (χ0) is 26.0. The van der Waals surface area contributed by atoms with E-state index in [4.69, 9.17) is 11.5 Å². The molecule has 0 radical (unpaired) electrons. The zero-order valence-electron chi connectivity index (χ0n) is 19.4. The lowest BCUT2D eigenvalue weighted by atomic mass is 10.0. The number of nitrogens with one attached hydrogen (secondary N) is 3. The summed E-state index contributed by atoms with van der Waals surface area (Å²) in [5, 5.41) is 26.1. The van der Waals surface area contributed by atoms with Gasteiger partial charge in [0.2, 0.25) is 23.6 Å². The van der Waals surface area contributed by atoms with Crippen molar-refractivity contribution in [1.29, 1.82) is 0 Å². The Morgan fingerprint density at radius 3 is 1.82 bits per heavy atom. The van der Waals surface area contributed by atoms with Crippen LogP contribution in [0.1, 0.15) is 39.2 Å². The number of nitrogens with two attached hydrogens (primary N) is 2. The van der Waals surface area contributed by atoms with Crippen molar-refractivity contribution in [3.63, 3.8) is 0 Å². The number of aliphatic carboxylic acids is 1. The number of rotatable bonds is 13. The van der Waals surface area contributed by atoms with Crippen LogP contribution in [-0.4, -0.2) is 64.0 Å². The Hall–Kier alpha value is -3.67. The number of hydrogen-bond acceptors (Lipinski definition) is 7. The lowest BCUT2D eigenvalue weighted by molar-refractivity contribution is -0.142. The molecule has 4 atom stereocenters. The molecule has 0 aliphatic carbocycles. The first-order valence-corrected chi connectivity index (χ1v) is 10.8. The van der Waals surface area contributed by atoms with Gasteiger partial charge in [0.15, 0.2) is 0 Å². The molecule has 1 rings (SSSR count). The topological polar surface area (TPSA) is 214 Å². The standard InChI is InChI=1S/C22H33N5O7/c1-11(2)8-15(25-19(30)12(3)23)20(31)26-16(10-18(24)29)21(32)27-17(22(33)34)9-13-4-6-14(28)7-5-13/h4-7,11-12,15-17,28H,8-10,23H2,1-3H3,(H2,24,29)(H,25,30)(H,26,31)(H,27,32)(H,33,34). The molecule has 4 amide bonds. The number of carboxylic acid groups (broad SMARTS) is 1. The summed E-state index contributed by atoms with van der Waals surface area (Å²) in [7, 11) is 0. The highest BCUT2D eigenvalue weighted by Gasteiger charge is 2.31. The third-order valence-electron chi connectivity index (χ3n) is 4.78. The molecule has 9 N–H and O–H groups in total. The zero-order valence-corrected chi connectivity index (χ0v) is 19.4. The quantitative estimate of drug-likeness (QED) is 0.181. The van der Waals surface area contributed by atoms with Crippen LogP contribution in [0.4, 0.5) is 0 Å². The number of aromatic hydroxyl groups is 1. The van der Waals surface area contributed by atoms with Crippen molar-refractivity contribution < 1.29 is 34.2 Å². The molecule has 12 nitrogen and oxygen atoms in total. The Bertz CT molecular complexity index is 886. The van der Waals surface area contributed by atoms with Crippen LogP contribution in [0.2, 0.25) is 0 Å². The van der Waals surface area contributed by atoms with Gasteiger partial charge in [-0.3, -0.25) is 19.2 Å². The van der Waals surface area contributed by atoms with E-state index in [9.17, 15) is 34.2 Å². The Kier molecular flexibility index (Phi) is 11.0. The van der Waals surface area contributed by atoms with Crippen molar-refractivity contribution in [1.82, 2.24) is 16.0 Å². The second kappa shape index (κ2) is 13.1. The monoisotopic (exact) mass is 479 g/mol. The first kappa shape index (κ1) is 28.4. The van der Waals surface area contributed by atoms with Gasteiger partial charge in [-0.15, -0.1) is 0 Å². The van der Waals surface area contributed by atoms with E-state index in [1.165, 1.54) is 31.2 Å². The maximum atomic E-state index is 12.8. The first-order valence-electron chi connectivity index (χ1n) is 10.8. The number of amides is 4. The minimum Gasteiger partial charge on any atom is -0.508 e. The van der Waals surface area contributed by atoms with Gasteiger partial charge in [0.25, 0.3) is 0 Å². The Morgan fingerprint density at radius 1 is 0.853 bits per heavy atom. The van der Waals surface area contributed by atoms with E-state index in [0.29, 0.717) is 5.56 Å². The molecule has 188 valence electrons. The van der Waals surface area contributed by atoms with E-state index in [1.807, 2.05) is 13.8 Å². The van der Waals surface area contributed by atoms with Crippen LogP contribution in [0.15, 0.2) is 24.3 Å². The van der Waals surface area contributed by atoms with Crippen molar-refractivity contribution in [2.45, 2.75) is 64.2 Å². The summed E-state index contributed by atoms with van der Waals surface area (Å²) in [5.74, 6) is -4.49. The Balaban J connectivity index is 3.01. The van der Waals surface area contributed by atoms with Gasteiger partial charge in [-0.1, -0.05) is 26.0 Å². The van der Waals surface area contributed by atoms with Crippen LogP contribution in [0, 0.1) is 5.92 Å². The average molecular weight is 480 g/mol. The fourth-order valence-corrected chi connectivity index (χ4v) is 3.03. The molecule has 0 fully saturated rings. The van der Waals surface area contributed by atoms with Crippen molar-refractivity contribution >= 4 is 29.6 Å². The van der Waals surface area contributed by atoms with E-state index in [-0.39, 0.29) is 24.5 Å². The summed E-state index contributed by atoms with van der Waals surface area (Å²) < 4.78 is 0. The van der Waals surface area contributed by atoms with Crippen molar-refractivity contribution in [2.75, 3.05) is 0 Å². The molecule has 34 heavy (non-hydrogen) atoms. The van der Waals surface area contributed by atoms with Crippen LogP contribution in [-0.2, 0) is 30.4 Å². The van der Waals surface area contributed by atoms with Gasteiger partial charge in [0.05, 0.1) is 12.5 Å². The Labute approximate surface area is 197 Å². The molecule has 0 heterocycles. The van der Waals surface area contributed by atoms with E-state index in [2.05, 4.69) is 16.0 Å².